The fourth-order valence-electron chi connectivity index (χ4n) is 2.26. The number of aromatic nitrogens is 2. The van der Waals surface area contributed by atoms with Gasteiger partial charge in [0.25, 0.3) is 0 Å². The third kappa shape index (κ3) is 2.13. The van der Waals surface area contributed by atoms with Crippen LogP contribution in [0, 0.1) is 0 Å². The molecule has 2 N–H and O–H groups in total. The predicted octanol–water partition coefficient (Wildman–Crippen LogP) is 2.48. The van der Waals surface area contributed by atoms with Crippen molar-refractivity contribution in [3.05, 3.63) is 24.4 Å². The zero-order valence-electron chi connectivity index (χ0n) is 10.7. The first-order chi connectivity index (χ1) is 8.17. The van der Waals surface area contributed by atoms with Crippen molar-refractivity contribution in [2.75, 3.05) is 18.8 Å². The fraction of sp³-hybridized carbons (Fsp3) is 0.462. The number of hydrogen-bond donors (Lipinski definition) is 1. The molecule has 0 radical (unpaired) electrons. The SMILES string of the molecule is CCN(CC)C(C)n1ncc2ccc(N)cc21. The molecule has 0 saturated carbocycles. The zero-order chi connectivity index (χ0) is 12.4. The van der Waals surface area contributed by atoms with Gasteiger partial charge in [-0.1, -0.05) is 13.8 Å². The Morgan fingerprint density at radius 3 is 2.71 bits per heavy atom. The summed E-state index contributed by atoms with van der Waals surface area (Å²) < 4.78 is 2.04. The number of nitrogens with zero attached hydrogens (tertiary/aromatic N) is 3. The van der Waals surface area contributed by atoms with Crippen LogP contribution in [0.2, 0.25) is 0 Å². The fourth-order valence-corrected chi connectivity index (χ4v) is 2.26. The molecule has 4 heteroatoms. The van der Waals surface area contributed by atoms with Gasteiger partial charge in [0.2, 0.25) is 0 Å². The van der Waals surface area contributed by atoms with Crippen molar-refractivity contribution < 1.29 is 0 Å². The minimum absolute atomic E-state index is 0.254. The van der Waals surface area contributed by atoms with Gasteiger partial charge in [-0.3, -0.25) is 4.90 Å². The summed E-state index contributed by atoms with van der Waals surface area (Å²) in [4.78, 5) is 2.36. The van der Waals surface area contributed by atoms with E-state index in [2.05, 4.69) is 30.8 Å². The second-order valence-corrected chi connectivity index (χ2v) is 4.26. The summed E-state index contributed by atoms with van der Waals surface area (Å²) in [6.07, 6.45) is 2.15. The lowest BCUT2D eigenvalue weighted by Crippen LogP contribution is -2.31. The molecule has 0 bridgehead atoms. The number of hydrogen-bond acceptors (Lipinski definition) is 3. The Kier molecular flexibility index (Phi) is 3.33. The van der Waals surface area contributed by atoms with E-state index in [1.165, 1.54) is 0 Å². The molecule has 17 heavy (non-hydrogen) atoms. The maximum absolute atomic E-state index is 5.84. The summed E-state index contributed by atoms with van der Waals surface area (Å²) in [5.74, 6) is 0. The molecule has 2 aromatic rings. The first-order valence-corrected chi connectivity index (χ1v) is 6.14. The Hall–Kier alpha value is -1.55. The Morgan fingerprint density at radius 1 is 1.35 bits per heavy atom. The predicted molar refractivity (Wildman–Crippen MR) is 71.8 cm³/mol. The van der Waals surface area contributed by atoms with Gasteiger partial charge in [-0.05, 0) is 38.2 Å². The van der Waals surface area contributed by atoms with Gasteiger partial charge in [0.1, 0.15) is 6.17 Å². The van der Waals surface area contributed by atoms with Gasteiger partial charge in [-0.2, -0.15) is 5.10 Å². The van der Waals surface area contributed by atoms with Crippen LogP contribution in [0.4, 0.5) is 5.69 Å². The summed E-state index contributed by atoms with van der Waals surface area (Å²) in [6, 6.07) is 5.92. The van der Waals surface area contributed by atoms with Crippen LogP contribution in [0.3, 0.4) is 0 Å². The third-order valence-corrected chi connectivity index (χ3v) is 3.32. The largest absolute Gasteiger partial charge is 0.399 e. The highest BCUT2D eigenvalue weighted by atomic mass is 15.4. The van der Waals surface area contributed by atoms with E-state index >= 15 is 0 Å². The maximum atomic E-state index is 5.84. The number of fused-ring (bicyclic) bond motifs is 1. The second-order valence-electron chi connectivity index (χ2n) is 4.26. The Bertz CT molecular complexity index is 499. The minimum Gasteiger partial charge on any atom is -0.399 e. The second kappa shape index (κ2) is 4.75. The molecule has 0 aliphatic heterocycles. The third-order valence-electron chi connectivity index (χ3n) is 3.32. The first kappa shape index (κ1) is 11.9. The summed E-state index contributed by atoms with van der Waals surface area (Å²) >= 11 is 0. The van der Waals surface area contributed by atoms with Crippen molar-refractivity contribution in [2.45, 2.75) is 26.9 Å². The molecule has 0 aliphatic rings. The standard InChI is InChI=1S/C13H20N4/c1-4-16(5-2)10(3)17-13-8-12(14)7-6-11(13)9-15-17/h6-10H,4-5,14H2,1-3H3. The van der Waals surface area contributed by atoms with Crippen LogP contribution in [0.5, 0.6) is 0 Å². The quantitative estimate of drug-likeness (QED) is 0.824. The summed E-state index contributed by atoms with van der Waals surface area (Å²) in [6.45, 7) is 8.53. The van der Waals surface area contributed by atoms with Crippen LogP contribution in [0.1, 0.15) is 26.9 Å². The normalized spacial score (nSPS) is 13.4. The van der Waals surface area contributed by atoms with Gasteiger partial charge in [0.05, 0.1) is 11.7 Å². The number of nitrogens with two attached hydrogens (primary N) is 1. The van der Waals surface area contributed by atoms with E-state index in [1.54, 1.807) is 0 Å². The topological polar surface area (TPSA) is 47.1 Å². The molecule has 4 nitrogen and oxygen atoms in total. The smallest absolute Gasteiger partial charge is 0.102 e. The van der Waals surface area contributed by atoms with Crippen molar-refractivity contribution in [3.8, 4) is 0 Å². The van der Waals surface area contributed by atoms with Gasteiger partial charge < -0.3 is 5.73 Å². The highest BCUT2D eigenvalue weighted by Gasteiger charge is 2.15. The molecule has 0 fully saturated rings. The molecule has 1 heterocycles. The Morgan fingerprint density at radius 2 is 2.06 bits per heavy atom. The summed E-state index contributed by atoms with van der Waals surface area (Å²) in [5.41, 5.74) is 7.72. The lowest BCUT2D eigenvalue weighted by atomic mass is 10.2. The molecule has 0 spiro atoms. The average molecular weight is 232 g/mol. The van der Waals surface area contributed by atoms with Gasteiger partial charge in [-0.25, -0.2) is 4.68 Å². The number of benzene rings is 1. The van der Waals surface area contributed by atoms with Crippen molar-refractivity contribution in [3.63, 3.8) is 0 Å². The monoisotopic (exact) mass is 232 g/mol. The van der Waals surface area contributed by atoms with E-state index < -0.39 is 0 Å². The van der Waals surface area contributed by atoms with Crippen LogP contribution < -0.4 is 5.73 Å². The molecule has 92 valence electrons. The Balaban J connectivity index is 2.44. The molecule has 1 aromatic carbocycles. The van der Waals surface area contributed by atoms with E-state index in [-0.39, 0.29) is 6.17 Å². The van der Waals surface area contributed by atoms with Crippen LogP contribution >= 0.6 is 0 Å². The average Bonchev–Trinajstić information content (AvgIpc) is 2.73. The maximum Gasteiger partial charge on any atom is 0.102 e. The zero-order valence-corrected chi connectivity index (χ0v) is 10.7. The molecule has 2 rings (SSSR count). The van der Waals surface area contributed by atoms with Crippen LogP contribution in [-0.4, -0.2) is 27.8 Å². The van der Waals surface area contributed by atoms with Crippen LogP contribution in [0.15, 0.2) is 24.4 Å². The van der Waals surface area contributed by atoms with E-state index in [4.69, 9.17) is 5.73 Å². The number of nitrogen functional groups attached to an aromatic ring is 1. The van der Waals surface area contributed by atoms with Gasteiger partial charge in [-0.15, -0.1) is 0 Å². The van der Waals surface area contributed by atoms with Crippen molar-refractivity contribution in [1.29, 1.82) is 0 Å². The van der Waals surface area contributed by atoms with Crippen molar-refractivity contribution in [1.82, 2.24) is 14.7 Å². The molecule has 1 atom stereocenters. The molecule has 1 unspecified atom stereocenters. The van der Waals surface area contributed by atoms with Crippen LogP contribution in [0.25, 0.3) is 10.9 Å². The van der Waals surface area contributed by atoms with Gasteiger partial charge in [0, 0.05) is 11.1 Å². The van der Waals surface area contributed by atoms with E-state index in [9.17, 15) is 0 Å². The van der Waals surface area contributed by atoms with Gasteiger partial charge >= 0.3 is 0 Å². The van der Waals surface area contributed by atoms with Gasteiger partial charge in [0.15, 0.2) is 0 Å². The van der Waals surface area contributed by atoms with E-state index in [0.717, 1.165) is 29.7 Å². The minimum atomic E-state index is 0.254. The summed E-state index contributed by atoms with van der Waals surface area (Å²) in [7, 11) is 0. The lowest BCUT2D eigenvalue weighted by molar-refractivity contribution is 0.163. The molecule has 0 saturated heterocycles. The molecule has 1 aromatic heterocycles. The van der Waals surface area contributed by atoms with Crippen molar-refractivity contribution >= 4 is 16.6 Å². The Labute approximate surface area is 102 Å². The van der Waals surface area contributed by atoms with E-state index in [0.29, 0.717) is 0 Å². The highest BCUT2D eigenvalue weighted by Crippen LogP contribution is 2.22. The van der Waals surface area contributed by atoms with Crippen molar-refractivity contribution in [2.24, 2.45) is 0 Å². The summed E-state index contributed by atoms with van der Waals surface area (Å²) in [5, 5.41) is 5.61. The highest BCUT2D eigenvalue weighted by molar-refractivity contribution is 5.81. The van der Waals surface area contributed by atoms with Crippen LogP contribution in [-0.2, 0) is 0 Å². The number of anilines is 1. The molecular weight excluding hydrogens is 212 g/mol. The molecule has 0 amide bonds. The number of rotatable bonds is 4. The molecular formula is C13H20N4. The lowest BCUT2D eigenvalue weighted by Gasteiger charge is -2.27. The van der Waals surface area contributed by atoms with E-state index in [1.807, 2.05) is 29.1 Å². The molecule has 0 aliphatic carbocycles. The first-order valence-electron chi connectivity index (χ1n) is 6.14.